The van der Waals surface area contributed by atoms with E-state index in [0.717, 1.165) is 30.9 Å². The van der Waals surface area contributed by atoms with Gasteiger partial charge in [-0.1, -0.05) is 0 Å². The Bertz CT molecular complexity index is 447. The van der Waals surface area contributed by atoms with Gasteiger partial charge in [-0.2, -0.15) is 0 Å². The molecule has 1 amide bonds. The van der Waals surface area contributed by atoms with E-state index < -0.39 is 0 Å². The van der Waals surface area contributed by atoms with Crippen molar-refractivity contribution in [1.29, 1.82) is 0 Å². The summed E-state index contributed by atoms with van der Waals surface area (Å²) in [5.41, 5.74) is 0.878. The summed E-state index contributed by atoms with van der Waals surface area (Å²) in [5.74, 6) is 1.56. The molecule has 5 heteroatoms. The second-order valence-electron chi connectivity index (χ2n) is 4.11. The minimum atomic E-state index is 0.0985. The molecule has 1 aromatic rings. The molecule has 0 radical (unpaired) electrons. The third-order valence-corrected chi connectivity index (χ3v) is 2.98. The number of nitrogens with one attached hydrogen (secondary N) is 1. The molecule has 0 aliphatic carbocycles. The van der Waals surface area contributed by atoms with Gasteiger partial charge in [0.2, 0.25) is 12.7 Å². The number of amides is 1. The van der Waals surface area contributed by atoms with Crippen LogP contribution < -0.4 is 19.7 Å². The number of carbonyl (C=O) groups is 1. The molecule has 17 heavy (non-hydrogen) atoms. The molecule has 0 spiro atoms. The molecule has 90 valence electrons. The van der Waals surface area contributed by atoms with Crippen molar-refractivity contribution in [3.05, 3.63) is 18.2 Å². The van der Waals surface area contributed by atoms with Gasteiger partial charge < -0.3 is 19.7 Å². The normalized spacial score (nSPS) is 19.3. The van der Waals surface area contributed by atoms with Crippen LogP contribution in [0.25, 0.3) is 0 Å². The van der Waals surface area contributed by atoms with Crippen LogP contribution in [-0.4, -0.2) is 32.3 Å². The molecule has 2 aliphatic heterocycles. The topological polar surface area (TPSA) is 50.8 Å². The van der Waals surface area contributed by atoms with Crippen LogP contribution in [0.15, 0.2) is 18.2 Å². The summed E-state index contributed by atoms with van der Waals surface area (Å²) in [7, 11) is 0. The maximum absolute atomic E-state index is 11.9. The zero-order chi connectivity index (χ0) is 11.7. The quantitative estimate of drug-likeness (QED) is 0.778. The number of hydrogen-bond donors (Lipinski definition) is 1. The van der Waals surface area contributed by atoms with Crippen molar-refractivity contribution < 1.29 is 14.3 Å². The number of carbonyl (C=O) groups excluding carboxylic acids is 1. The Morgan fingerprint density at radius 1 is 1.24 bits per heavy atom. The van der Waals surface area contributed by atoms with Crippen molar-refractivity contribution in [2.75, 3.05) is 31.3 Å². The maximum atomic E-state index is 11.9. The van der Waals surface area contributed by atoms with Gasteiger partial charge in [-0.25, -0.2) is 0 Å². The van der Waals surface area contributed by atoms with E-state index in [4.69, 9.17) is 9.47 Å². The van der Waals surface area contributed by atoms with E-state index in [1.165, 1.54) is 0 Å². The lowest BCUT2D eigenvalue weighted by Crippen LogP contribution is -2.34. The largest absolute Gasteiger partial charge is 0.454 e. The molecular formula is C12H14N2O3. The Labute approximate surface area is 99.3 Å². The molecule has 5 nitrogen and oxygen atoms in total. The summed E-state index contributed by atoms with van der Waals surface area (Å²) >= 11 is 0. The highest BCUT2D eigenvalue weighted by Gasteiger charge is 2.21. The van der Waals surface area contributed by atoms with E-state index in [1.807, 2.05) is 18.2 Å². The highest BCUT2D eigenvalue weighted by Crippen LogP contribution is 2.35. The van der Waals surface area contributed by atoms with E-state index >= 15 is 0 Å². The molecule has 1 saturated heterocycles. The predicted octanol–water partition coefficient (Wildman–Crippen LogP) is 0.742. The van der Waals surface area contributed by atoms with E-state index in [-0.39, 0.29) is 12.7 Å². The van der Waals surface area contributed by atoms with Gasteiger partial charge in [-0.3, -0.25) is 4.79 Å². The van der Waals surface area contributed by atoms with Gasteiger partial charge >= 0.3 is 0 Å². The van der Waals surface area contributed by atoms with Gasteiger partial charge in [0.15, 0.2) is 11.5 Å². The van der Waals surface area contributed by atoms with E-state index in [2.05, 4.69) is 5.32 Å². The summed E-state index contributed by atoms with van der Waals surface area (Å²) in [6.45, 7) is 2.28. The highest BCUT2D eigenvalue weighted by atomic mass is 16.7. The minimum Gasteiger partial charge on any atom is -0.454 e. The number of fused-ring (bicyclic) bond motifs is 1. The monoisotopic (exact) mass is 234 g/mol. The lowest BCUT2D eigenvalue weighted by atomic mass is 10.2. The molecule has 0 bridgehead atoms. The first-order valence-electron chi connectivity index (χ1n) is 5.75. The molecule has 2 heterocycles. The SMILES string of the molecule is O=C1CNCCCN1c1ccc2c(c1)OCO2. The fourth-order valence-electron chi connectivity index (χ4n) is 2.10. The third-order valence-electron chi connectivity index (χ3n) is 2.98. The molecule has 3 rings (SSSR count). The van der Waals surface area contributed by atoms with Gasteiger partial charge in [-0.05, 0) is 25.1 Å². The Morgan fingerprint density at radius 2 is 2.12 bits per heavy atom. The molecule has 1 fully saturated rings. The van der Waals surface area contributed by atoms with Gasteiger partial charge in [0.05, 0.1) is 6.54 Å². The van der Waals surface area contributed by atoms with Crippen molar-refractivity contribution in [2.45, 2.75) is 6.42 Å². The first-order valence-corrected chi connectivity index (χ1v) is 5.75. The van der Waals surface area contributed by atoms with Crippen LogP contribution in [0.1, 0.15) is 6.42 Å². The summed E-state index contributed by atoms with van der Waals surface area (Å²) < 4.78 is 10.6. The molecule has 2 aliphatic rings. The van der Waals surface area contributed by atoms with Crippen LogP contribution in [0.5, 0.6) is 11.5 Å². The predicted molar refractivity (Wildman–Crippen MR) is 62.4 cm³/mol. The summed E-state index contributed by atoms with van der Waals surface area (Å²) in [6.07, 6.45) is 0.959. The van der Waals surface area contributed by atoms with Crippen molar-refractivity contribution in [2.24, 2.45) is 0 Å². The average molecular weight is 234 g/mol. The van der Waals surface area contributed by atoms with Crippen LogP contribution in [0, 0.1) is 0 Å². The van der Waals surface area contributed by atoms with Crippen LogP contribution >= 0.6 is 0 Å². The summed E-state index contributed by atoms with van der Waals surface area (Å²) in [4.78, 5) is 13.7. The first-order chi connectivity index (χ1) is 8.34. The lowest BCUT2D eigenvalue weighted by Gasteiger charge is -2.20. The smallest absolute Gasteiger partial charge is 0.240 e. The number of hydrogen-bond acceptors (Lipinski definition) is 4. The Hall–Kier alpha value is -1.75. The summed E-state index contributed by atoms with van der Waals surface area (Å²) in [6, 6.07) is 5.62. The van der Waals surface area contributed by atoms with E-state index in [9.17, 15) is 4.79 Å². The van der Waals surface area contributed by atoms with Crippen molar-refractivity contribution in [3.63, 3.8) is 0 Å². The second-order valence-corrected chi connectivity index (χ2v) is 4.11. The molecule has 1 aromatic carbocycles. The van der Waals surface area contributed by atoms with Crippen LogP contribution in [0.2, 0.25) is 0 Å². The third kappa shape index (κ3) is 1.93. The van der Waals surface area contributed by atoms with Gasteiger partial charge in [-0.15, -0.1) is 0 Å². The fraction of sp³-hybridized carbons (Fsp3) is 0.417. The standard InChI is InChI=1S/C12H14N2O3/c15-12-7-13-4-1-5-14(12)9-2-3-10-11(6-9)17-8-16-10/h2-3,6,13H,1,4-5,7-8H2. The summed E-state index contributed by atoms with van der Waals surface area (Å²) in [5, 5.41) is 3.10. The average Bonchev–Trinajstić information content (AvgIpc) is 2.70. The van der Waals surface area contributed by atoms with Crippen LogP contribution in [0.3, 0.4) is 0 Å². The molecule has 0 aromatic heterocycles. The molecule has 0 unspecified atom stereocenters. The zero-order valence-electron chi connectivity index (χ0n) is 9.44. The zero-order valence-corrected chi connectivity index (χ0v) is 9.44. The second kappa shape index (κ2) is 4.25. The Kier molecular flexibility index (Phi) is 2.60. The van der Waals surface area contributed by atoms with Gasteiger partial charge in [0.25, 0.3) is 0 Å². The number of rotatable bonds is 1. The molecule has 1 N–H and O–H groups in total. The van der Waals surface area contributed by atoms with Crippen molar-refractivity contribution in [1.82, 2.24) is 5.32 Å². The van der Waals surface area contributed by atoms with Crippen molar-refractivity contribution >= 4 is 11.6 Å². The maximum Gasteiger partial charge on any atom is 0.240 e. The lowest BCUT2D eigenvalue weighted by molar-refractivity contribution is -0.117. The Balaban J connectivity index is 1.89. The first kappa shape index (κ1) is 10.4. The number of benzene rings is 1. The number of ether oxygens (including phenoxy) is 2. The number of nitrogens with zero attached hydrogens (tertiary/aromatic N) is 1. The van der Waals surface area contributed by atoms with Crippen molar-refractivity contribution in [3.8, 4) is 11.5 Å². The van der Waals surface area contributed by atoms with Crippen LogP contribution in [0.4, 0.5) is 5.69 Å². The van der Waals surface area contributed by atoms with Gasteiger partial charge in [0, 0.05) is 18.3 Å². The molecule has 0 atom stereocenters. The molecular weight excluding hydrogens is 220 g/mol. The fourth-order valence-corrected chi connectivity index (χ4v) is 2.10. The van der Waals surface area contributed by atoms with Gasteiger partial charge in [0.1, 0.15) is 0 Å². The highest BCUT2D eigenvalue weighted by molar-refractivity contribution is 5.95. The van der Waals surface area contributed by atoms with E-state index in [0.29, 0.717) is 12.3 Å². The molecule has 0 saturated carbocycles. The van der Waals surface area contributed by atoms with E-state index in [1.54, 1.807) is 4.90 Å². The number of anilines is 1. The minimum absolute atomic E-state index is 0.0985. The Morgan fingerprint density at radius 3 is 3.06 bits per heavy atom. The van der Waals surface area contributed by atoms with Crippen LogP contribution in [-0.2, 0) is 4.79 Å².